The van der Waals surface area contributed by atoms with Crippen LogP contribution in [0.1, 0.15) is 22.3 Å². The van der Waals surface area contributed by atoms with Crippen molar-refractivity contribution < 1.29 is 4.79 Å². The second-order valence-electron chi connectivity index (χ2n) is 4.09. The van der Waals surface area contributed by atoms with Crippen molar-refractivity contribution in [1.29, 1.82) is 0 Å². The van der Waals surface area contributed by atoms with Gasteiger partial charge in [-0.2, -0.15) is 11.8 Å². The lowest BCUT2D eigenvalue weighted by molar-refractivity contribution is 0.0941. The Morgan fingerprint density at radius 3 is 3.06 bits per heavy atom. The Morgan fingerprint density at radius 2 is 2.33 bits per heavy atom. The molecule has 1 amide bonds. The lowest BCUT2D eigenvalue weighted by Crippen LogP contribution is -2.34. The molecule has 1 unspecified atom stereocenters. The maximum absolute atomic E-state index is 12.2. The van der Waals surface area contributed by atoms with Crippen LogP contribution in [0.5, 0.6) is 0 Å². The molecule has 1 aliphatic heterocycles. The van der Waals surface area contributed by atoms with Crippen LogP contribution < -0.4 is 11.1 Å². The van der Waals surface area contributed by atoms with E-state index in [1.807, 2.05) is 30.0 Å². The van der Waals surface area contributed by atoms with Gasteiger partial charge in [-0.15, -0.1) is 0 Å². The van der Waals surface area contributed by atoms with Gasteiger partial charge in [0.05, 0.1) is 12.1 Å². The molecule has 1 aliphatic rings. The molecule has 18 heavy (non-hydrogen) atoms. The number of nitrogens with two attached hydrogens (primary N) is 1. The number of thioether (sulfide) groups is 1. The quantitative estimate of drug-likeness (QED) is 0.786. The molecule has 0 spiro atoms. The normalized spacial score (nSPS) is 17.9. The fourth-order valence-corrected chi connectivity index (χ4v) is 3.00. The van der Waals surface area contributed by atoms with Crippen molar-refractivity contribution >= 4 is 17.7 Å². The minimum Gasteiger partial charge on any atom is -0.348 e. The van der Waals surface area contributed by atoms with E-state index in [0.717, 1.165) is 23.5 Å². The highest BCUT2D eigenvalue weighted by Crippen LogP contribution is 2.18. The van der Waals surface area contributed by atoms with E-state index in [1.54, 1.807) is 6.07 Å². The third-order valence-electron chi connectivity index (χ3n) is 2.76. The lowest BCUT2D eigenvalue weighted by Gasteiger charge is -2.12. The van der Waals surface area contributed by atoms with E-state index in [0.29, 0.717) is 12.1 Å². The zero-order chi connectivity index (χ0) is 12.8. The molecule has 0 aromatic heterocycles. The molecule has 0 bridgehead atoms. The van der Waals surface area contributed by atoms with Gasteiger partial charge >= 0.3 is 0 Å². The van der Waals surface area contributed by atoms with E-state index in [-0.39, 0.29) is 11.9 Å². The summed E-state index contributed by atoms with van der Waals surface area (Å²) in [6, 6.07) is 7.67. The van der Waals surface area contributed by atoms with E-state index >= 15 is 0 Å². The lowest BCUT2D eigenvalue weighted by atomic mass is 10.1. The molecular formula is C14H16N2OS. The molecule has 3 nitrogen and oxygen atoms in total. The van der Waals surface area contributed by atoms with E-state index in [2.05, 4.69) is 17.2 Å². The Labute approximate surface area is 112 Å². The molecule has 0 radical (unpaired) electrons. The van der Waals surface area contributed by atoms with Crippen LogP contribution >= 0.6 is 11.8 Å². The highest BCUT2D eigenvalue weighted by molar-refractivity contribution is 7.99. The molecule has 0 saturated carbocycles. The van der Waals surface area contributed by atoms with E-state index in [4.69, 9.17) is 5.73 Å². The summed E-state index contributed by atoms with van der Waals surface area (Å²) in [6.45, 7) is 0.301. The Bertz CT molecular complexity index is 484. The highest BCUT2D eigenvalue weighted by atomic mass is 32.2. The van der Waals surface area contributed by atoms with Gasteiger partial charge in [-0.3, -0.25) is 4.79 Å². The maximum Gasteiger partial charge on any atom is 0.252 e. The van der Waals surface area contributed by atoms with Gasteiger partial charge in [0.15, 0.2) is 0 Å². The summed E-state index contributed by atoms with van der Waals surface area (Å²) in [5, 5.41) is 3.05. The van der Waals surface area contributed by atoms with Gasteiger partial charge in [-0.05, 0) is 24.3 Å². The maximum atomic E-state index is 12.2. The van der Waals surface area contributed by atoms with Gasteiger partial charge in [0, 0.05) is 17.4 Å². The van der Waals surface area contributed by atoms with Crippen LogP contribution in [-0.4, -0.2) is 30.0 Å². The third kappa shape index (κ3) is 3.28. The Balaban J connectivity index is 2.13. The highest BCUT2D eigenvalue weighted by Gasteiger charge is 2.19. The van der Waals surface area contributed by atoms with Crippen molar-refractivity contribution in [2.24, 2.45) is 5.73 Å². The SMILES string of the molecule is NCC#Cc1ccccc1C(=O)NC1CCSC1. The summed E-state index contributed by atoms with van der Waals surface area (Å²) in [5.74, 6) is 7.81. The number of nitrogens with one attached hydrogen (secondary N) is 1. The largest absolute Gasteiger partial charge is 0.348 e. The first-order valence-electron chi connectivity index (χ1n) is 5.98. The number of benzene rings is 1. The van der Waals surface area contributed by atoms with Crippen LogP contribution in [0.3, 0.4) is 0 Å². The molecule has 1 aromatic carbocycles. The smallest absolute Gasteiger partial charge is 0.252 e. The molecule has 1 fully saturated rings. The third-order valence-corrected chi connectivity index (χ3v) is 3.92. The average molecular weight is 260 g/mol. The number of amides is 1. The minimum atomic E-state index is -0.0376. The van der Waals surface area contributed by atoms with Crippen LogP contribution in [0.15, 0.2) is 24.3 Å². The predicted molar refractivity (Wildman–Crippen MR) is 75.6 cm³/mol. The molecule has 1 aromatic rings. The fourth-order valence-electron chi connectivity index (χ4n) is 1.85. The van der Waals surface area contributed by atoms with Crippen LogP contribution in [-0.2, 0) is 0 Å². The molecule has 2 rings (SSSR count). The summed E-state index contributed by atoms with van der Waals surface area (Å²) >= 11 is 1.88. The average Bonchev–Trinajstić information content (AvgIpc) is 2.89. The van der Waals surface area contributed by atoms with Crippen LogP contribution in [0.4, 0.5) is 0 Å². The molecule has 1 saturated heterocycles. The number of carbonyl (C=O) groups is 1. The number of rotatable bonds is 2. The summed E-state index contributed by atoms with van der Waals surface area (Å²) < 4.78 is 0. The van der Waals surface area contributed by atoms with Gasteiger partial charge < -0.3 is 11.1 Å². The zero-order valence-electron chi connectivity index (χ0n) is 10.1. The molecular weight excluding hydrogens is 244 g/mol. The number of carbonyl (C=O) groups excluding carboxylic acids is 1. The van der Waals surface area contributed by atoms with Gasteiger partial charge in [0.2, 0.25) is 0 Å². The van der Waals surface area contributed by atoms with Gasteiger partial charge in [0.25, 0.3) is 5.91 Å². The van der Waals surface area contributed by atoms with Crippen molar-refractivity contribution in [3.63, 3.8) is 0 Å². The fraction of sp³-hybridized carbons (Fsp3) is 0.357. The van der Waals surface area contributed by atoms with Crippen molar-refractivity contribution in [2.75, 3.05) is 18.1 Å². The van der Waals surface area contributed by atoms with Crippen molar-refractivity contribution in [2.45, 2.75) is 12.5 Å². The second kappa shape index (κ2) is 6.48. The number of hydrogen-bond donors (Lipinski definition) is 2. The Morgan fingerprint density at radius 1 is 1.50 bits per heavy atom. The molecule has 0 aliphatic carbocycles. The first-order chi connectivity index (χ1) is 8.81. The van der Waals surface area contributed by atoms with Gasteiger partial charge in [0.1, 0.15) is 0 Å². The van der Waals surface area contributed by atoms with Crippen LogP contribution in [0.25, 0.3) is 0 Å². The van der Waals surface area contributed by atoms with Gasteiger partial charge in [-0.25, -0.2) is 0 Å². The summed E-state index contributed by atoms with van der Waals surface area (Å²) in [4.78, 5) is 12.2. The first kappa shape index (κ1) is 13.0. The van der Waals surface area contributed by atoms with Crippen molar-refractivity contribution in [1.82, 2.24) is 5.32 Å². The topological polar surface area (TPSA) is 55.1 Å². The van der Waals surface area contributed by atoms with E-state index < -0.39 is 0 Å². The summed E-state index contributed by atoms with van der Waals surface area (Å²) in [5.41, 5.74) is 6.73. The van der Waals surface area contributed by atoms with E-state index in [9.17, 15) is 4.79 Å². The van der Waals surface area contributed by atoms with Crippen LogP contribution in [0.2, 0.25) is 0 Å². The first-order valence-corrected chi connectivity index (χ1v) is 7.13. The molecule has 3 N–H and O–H groups in total. The molecule has 4 heteroatoms. The Hall–Kier alpha value is -1.44. The molecule has 94 valence electrons. The summed E-state index contributed by atoms with van der Waals surface area (Å²) in [7, 11) is 0. The Kier molecular flexibility index (Phi) is 4.68. The number of hydrogen-bond acceptors (Lipinski definition) is 3. The van der Waals surface area contributed by atoms with Crippen molar-refractivity contribution in [3.8, 4) is 11.8 Å². The summed E-state index contributed by atoms with van der Waals surface area (Å²) in [6.07, 6.45) is 1.05. The van der Waals surface area contributed by atoms with Gasteiger partial charge in [-0.1, -0.05) is 24.0 Å². The van der Waals surface area contributed by atoms with E-state index in [1.165, 1.54) is 0 Å². The zero-order valence-corrected chi connectivity index (χ0v) is 10.9. The second-order valence-corrected chi connectivity index (χ2v) is 5.24. The van der Waals surface area contributed by atoms with Crippen molar-refractivity contribution in [3.05, 3.63) is 35.4 Å². The van der Waals surface area contributed by atoms with Crippen LogP contribution in [0, 0.1) is 11.8 Å². The minimum absolute atomic E-state index is 0.0376. The molecule has 1 heterocycles. The standard InChI is InChI=1S/C14H16N2OS/c15-8-3-5-11-4-1-2-6-13(11)14(17)16-12-7-9-18-10-12/h1-2,4,6,12H,7-10,15H2,(H,16,17). The monoisotopic (exact) mass is 260 g/mol. The molecule has 1 atom stereocenters. The predicted octanol–water partition coefficient (Wildman–Crippen LogP) is 1.23.